The number of aryl methyl sites for hydroxylation is 1. The summed E-state index contributed by atoms with van der Waals surface area (Å²) in [6.45, 7) is 5.94. The number of hydrogen-bond donors (Lipinski definition) is 2. The number of benzene rings is 2. The van der Waals surface area contributed by atoms with Gasteiger partial charge in [0, 0.05) is 42.4 Å². The van der Waals surface area contributed by atoms with E-state index in [2.05, 4.69) is 10.6 Å². The van der Waals surface area contributed by atoms with Crippen molar-refractivity contribution in [1.29, 1.82) is 0 Å². The minimum Gasteiger partial charge on any atom is -0.423 e. The third-order valence-electron chi connectivity index (χ3n) is 4.88. The second-order valence-electron chi connectivity index (χ2n) is 7.45. The first-order valence-corrected chi connectivity index (χ1v) is 9.62. The smallest absolute Gasteiger partial charge is 0.336 e. The van der Waals surface area contributed by atoms with Gasteiger partial charge in [0.15, 0.2) is 0 Å². The second-order valence-corrected chi connectivity index (χ2v) is 7.45. The summed E-state index contributed by atoms with van der Waals surface area (Å²) in [5.41, 5.74) is 4.15. The largest absolute Gasteiger partial charge is 0.423 e. The van der Waals surface area contributed by atoms with E-state index in [1.54, 1.807) is 18.2 Å². The maximum Gasteiger partial charge on any atom is 0.336 e. The minimum absolute atomic E-state index is 0.133. The van der Waals surface area contributed by atoms with Crippen LogP contribution in [0.1, 0.15) is 23.6 Å². The molecule has 0 fully saturated rings. The van der Waals surface area contributed by atoms with E-state index < -0.39 is 5.63 Å². The fourth-order valence-corrected chi connectivity index (χ4v) is 3.31. The predicted octanol–water partition coefficient (Wildman–Crippen LogP) is 3.44. The standard InChI is InChI=1S/C23H25N3O4/c1-14-6-5-7-20(15(14)2)25-22(28)13-26(4)12-17-10-23(29)30-21-11-18(24-16(3)27)8-9-19(17)21/h5-11H,12-13H2,1-4H3,(H,24,27)(H,25,28). The Labute approximate surface area is 174 Å². The van der Waals surface area contributed by atoms with Crippen LogP contribution in [-0.2, 0) is 16.1 Å². The average Bonchev–Trinajstić information content (AvgIpc) is 2.64. The van der Waals surface area contributed by atoms with E-state index in [4.69, 9.17) is 4.42 Å². The molecule has 156 valence electrons. The molecular weight excluding hydrogens is 382 g/mol. The molecule has 3 rings (SSSR count). The van der Waals surface area contributed by atoms with Crippen LogP contribution in [0.4, 0.5) is 11.4 Å². The second kappa shape index (κ2) is 8.92. The van der Waals surface area contributed by atoms with Crippen LogP contribution in [0.25, 0.3) is 11.0 Å². The van der Waals surface area contributed by atoms with Crippen LogP contribution in [0.15, 0.2) is 51.7 Å². The molecule has 0 aliphatic carbocycles. The molecule has 0 radical (unpaired) electrons. The van der Waals surface area contributed by atoms with Gasteiger partial charge in [-0.1, -0.05) is 12.1 Å². The zero-order valence-electron chi connectivity index (χ0n) is 17.5. The van der Waals surface area contributed by atoms with Crippen LogP contribution < -0.4 is 16.3 Å². The van der Waals surface area contributed by atoms with Gasteiger partial charge in [-0.05, 0) is 55.8 Å². The topological polar surface area (TPSA) is 91.7 Å². The maximum absolute atomic E-state index is 12.5. The van der Waals surface area contributed by atoms with Gasteiger partial charge in [-0.15, -0.1) is 0 Å². The summed E-state index contributed by atoms with van der Waals surface area (Å²) in [4.78, 5) is 37.6. The molecular formula is C23H25N3O4. The third kappa shape index (κ3) is 5.12. The summed E-state index contributed by atoms with van der Waals surface area (Å²) in [6.07, 6.45) is 0. The Morgan fingerprint density at radius 3 is 2.57 bits per heavy atom. The Balaban J connectivity index is 1.74. The molecule has 0 spiro atoms. The van der Waals surface area contributed by atoms with E-state index in [1.807, 2.05) is 44.0 Å². The Kier molecular flexibility index (Phi) is 6.32. The van der Waals surface area contributed by atoms with Crippen molar-refractivity contribution in [3.05, 3.63) is 69.6 Å². The minimum atomic E-state index is -0.481. The van der Waals surface area contributed by atoms with Gasteiger partial charge < -0.3 is 15.1 Å². The quantitative estimate of drug-likeness (QED) is 0.611. The first kappa shape index (κ1) is 21.3. The summed E-state index contributed by atoms with van der Waals surface area (Å²) in [5, 5.41) is 6.37. The summed E-state index contributed by atoms with van der Waals surface area (Å²) >= 11 is 0. The number of amides is 2. The van der Waals surface area contributed by atoms with Gasteiger partial charge in [-0.25, -0.2) is 4.79 Å². The van der Waals surface area contributed by atoms with Crippen LogP contribution in [-0.4, -0.2) is 30.3 Å². The fraction of sp³-hybridized carbons (Fsp3) is 0.261. The van der Waals surface area contributed by atoms with Gasteiger partial charge in [0.1, 0.15) is 5.58 Å². The third-order valence-corrected chi connectivity index (χ3v) is 4.88. The van der Waals surface area contributed by atoms with Gasteiger partial charge in [0.05, 0.1) is 6.54 Å². The molecule has 2 aromatic carbocycles. The molecule has 0 bridgehead atoms. The molecule has 0 saturated carbocycles. The lowest BCUT2D eigenvalue weighted by molar-refractivity contribution is -0.117. The Hall–Kier alpha value is -3.45. The van der Waals surface area contributed by atoms with E-state index in [0.717, 1.165) is 27.8 Å². The lowest BCUT2D eigenvalue weighted by atomic mass is 10.1. The number of nitrogens with one attached hydrogen (secondary N) is 2. The maximum atomic E-state index is 12.5. The van der Waals surface area contributed by atoms with Crippen molar-refractivity contribution in [1.82, 2.24) is 4.90 Å². The number of hydrogen-bond acceptors (Lipinski definition) is 5. The van der Waals surface area contributed by atoms with Crippen LogP contribution in [0.2, 0.25) is 0 Å². The molecule has 7 heteroatoms. The molecule has 2 amide bonds. The summed E-state index contributed by atoms with van der Waals surface area (Å²) < 4.78 is 5.29. The van der Waals surface area contributed by atoms with E-state index in [0.29, 0.717) is 17.8 Å². The highest BCUT2D eigenvalue weighted by Crippen LogP contribution is 2.22. The molecule has 0 unspecified atom stereocenters. The van der Waals surface area contributed by atoms with Crippen molar-refractivity contribution in [2.24, 2.45) is 0 Å². The zero-order valence-corrected chi connectivity index (χ0v) is 17.5. The average molecular weight is 407 g/mol. The molecule has 1 heterocycles. The van der Waals surface area contributed by atoms with Crippen molar-refractivity contribution < 1.29 is 14.0 Å². The molecule has 0 atom stereocenters. The monoisotopic (exact) mass is 407 g/mol. The van der Waals surface area contributed by atoms with Crippen LogP contribution in [0.3, 0.4) is 0 Å². The molecule has 0 aliphatic rings. The highest BCUT2D eigenvalue weighted by Gasteiger charge is 2.13. The van der Waals surface area contributed by atoms with Crippen LogP contribution in [0.5, 0.6) is 0 Å². The van der Waals surface area contributed by atoms with Crippen molar-refractivity contribution in [2.45, 2.75) is 27.3 Å². The number of likely N-dealkylation sites (N-methyl/N-ethyl adjacent to an activating group) is 1. The number of nitrogens with zero attached hydrogens (tertiary/aromatic N) is 1. The summed E-state index contributed by atoms with van der Waals surface area (Å²) in [7, 11) is 1.81. The molecule has 0 aliphatic heterocycles. The van der Waals surface area contributed by atoms with E-state index in [-0.39, 0.29) is 18.4 Å². The normalized spacial score (nSPS) is 11.0. The van der Waals surface area contributed by atoms with Gasteiger partial charge >= 0.3 is 5.63 Å². The molecule has 1 aromatic heterocycles. The van der Waals surface area contributed by atoms with E-state index in [9.17, 15) is 14.4 Å². The molecule has 0 saturated heterocycles. The lowest BCUT2D eigenvalue weighted by Gasteiger charge is -2.18. The number of carbonyl (C=O) groups excluding carboxylic acids is 2. The lowest BCUT2D eigenvalue weighted by Crippen LogP contribution is -2.30. The van der Waals surface area contributed by atoms with E-state index in [1.165, 1.54) is 13.0 Å². The Morgan fingerprint density at radius 2 is 1.83 bits per heavy atom. The summed E-state index contributed by atoms with van der Waals surface area (Å²) in [5.74, 6) is -0.339. The Morgan fingerprint density at radius 1 is 1.07 bits per heavy atom. The van der Waals surface area contributed by atoms with Crippen molar-refractivity contribution in [3.63, 3.8) is 0 Å². The van der Waals surface area contributed by atoms with Gasteiger partial charge in [0.2, 0.25) is 11.8 Å². The first-order valence-electron chi connectivity index (χ1n) is 9.62. The Bertz CT molecular complexity index is 1170. The van der Waals surface area contributed by atoms with Gasteiger partial charge in [-0.3, -0.25) is 14.5 Å². The number of anilines is 2. The number of rotatable bonds is 6. The van der Waals surface area contributed by atoms with E-state index >= 15 is 0 Å². The molecule has 3 aromatic rings. The SMILES string of the molecule is CC(=O)Nc1ccc2c(CN(C)CC(=O)Nc3cccc(C)c3C)cc(=O)oc2c1. The van der Waals surface area contributed by atoms with Crippen molar-refractivity contribution >= 4 is 34.2 Å². The zero-order chi connectivity index (χ0) is 21.8. The van der Waals surface area contributed by atoms with Crippen molar-refractivity contribution in [3.8, 4) is 0 Å². The number of carbonyl (C=O) groups is 2. The van der Waals surface area contributed by atoms with Gasteiger partial charge in [-0.2, -0.15) is 0 Å². The van der Waals surface area contributed by atoms with Crippen LogP contribution in [0, 0.1) is 13.8 Å². The molecule has 2 N–H and O–H groups in total. The van der Waals surface area contributed by atoms with Gasteiger partial charge in [0.25, 0.3) is 0 Å². The fourth-order valence-electron chi connectivity index (χ4n) is 3.31. The first-order chi connectivity index (χ1) is 14.2. The summed E-state index contributed by atoms with van der Waals surface area (Å²) in [6, 6.07) is 12.4. The molecule has 30 heavy (non-hydrogen) atoms. The molecule has 7 nitrogen and oxygen atoms in total. The highest BCUT2D eigenvalue weighted by atomic mass is 16.4. The number of fused-ring (bicyclic) bond motifs is 1. The van der Waals surface area contributed by atoms with Crippen molar-refractivity contribution in [2.75, 3.05) is 24.2 Å². The van der Waals surface area contributed by atoms with Crippen LogP contribution >= 0.6 is 0 Å². The predicted molar refractivity (Wildman–Crippen MR) is 118 cm³/mol. The highest BCUT2D eigenvalue weighted by molar-refractivity contribution is 5.93.